The fourth-order valence-corrected chi connectivity index (χ4v) is 3.44. The van der Waals surface area contributed by atoms with Crippen molar-refractivity contribution in [1.82, 2.24) is 4.98 Å². The second-order valence-corrected chi connectivity index (χ2v) is 6.75. The highest BCUT2D eigenvalue weighted by molar-refractivity contribution is 7.10. The molecule has 4 heteroatoms. The molecule has 1 atom stereocenters. The molecular weight excluding hydrogens is 330 g/mol. The maximum atomic E-state index is 10.3. The van der Waals surface area contributed by atoms with E-state index in [1.807, 2.05) is 72.1 Å². The number of thiophene rings is 1. The molecule has 0 spiro atoms. The molecule has 0 bridgehead atoms. The van der Waals surface area contributed by atoms with Crippen LogP contribution in [0.3, 0.4) is 0 Å². The number of aliphatic hydroxyl groups excluding tert-OH is 1. The molecule has 1 N–H and O–H groups in total. The molecule has 4 aromatic rings. The SMILES string of the molecule is OC(c1ccc(OCc2ccc3ccccc3n2)cc1)c1cccs1. The van der Waals surface area contributed by atoms with Crippen molar-refractivity contribution >= 4 is 22.2 Å². The Morgan fingerprint density at radius 2 is 1.76 bits per heavy atom. The van der Waals surface area contributed by atoms with Crippen LogP contribution in [0, 0.1) is 0 Å². The molecule has 0 aliphatic carbocycles. The normalized spacial score (nSPS) is 12.2. The van der Waals surface area contributed by atoms with Crippen LogP contribution in [0.4, 0.5) is 0 Å². The van der Waals surface area contributed by atoms with Crippen LogP contribution >= 0.6 is 11.3 Å². The van der Waals surface area contributed by atoms with Gasteiger partial charge in [0.1, 0.15) is 18.5 Å². The number of para-hydroxylation sites is 1. The Hall–Kier alpha value is -2.69. The van der Waals surface area contributed by atoms with Crippen molar-refractivity contribution in [3.05, 3.63) is 94.3 Å². The van der Waals surface area contributed by atoms with Gasteiger partial charge in [-0.2, -0.15) is 0 Å². The maximum absolute atomic E-state index is 10.3. The van der Waals surface area contributed by atoms with Gasteiger partial charge in [0.25, 0.3) is 0 Å². The number of pyridine rings is 1. The van der Waals surface area contributed by atoms with Gasteiger partial charge in [-0.3, -0.25) is 0 Å². The molecule has 0 amide bonds. The minimum absolute atomic E-state index is 0.414. The molecule has 2 aromatic heterocycles. The fraction of sp³-hybridized carbons (Fsp3) is 0.0952. The van der Waals surface area contributed by atoms with E-state index < -0.39 is 6.10 Å². The van der Waals surface area contributed by atoms with Crippen molar-refractivity contribution in [3.8, 4) is 5.75 Å². The highest BCUT2D eigenvalue weighted by Crippen LogP contribution is 2.27. The lowest BCUT2D eigenvalue weighted by Gasteiger charge is -2.11. The third kappa shape index (κ3) is 3.55. The molecule has 2 aromatic carbocycles. The fourth-order valence-electron chi connectivity index (χ4n) is 2.70. The molecule has 0 saturated heterocycles. The number of fused-ring (bicyclic) bond motifs is 1. The van der Waals surface area contributed by atoms with E-state index in [-0.39, 0.29) is 0 Å². The first-order valence-corrected chi connectivity index (χ1v) is 8.96. The number of hydrogen-bond acceptors (Lipinski definition) is 4. The van der Waals surface area contributed by atoms with E-state index in [9.17, 15) is 5.11 Å². The summed E-state index contributed by atoms with van der Waals surface area (Å²) in [6, 6.07) is 23.5. The Balaban J connectivity index is 1.44. The van der Waals surface area contributed by atoms with Crippen LogP contribution in [-0.4, -0.2) is 10.1 Å². The lowest BCUT2D eigenvalue weighted by Crippen LogP contribution is -2.00. The molecule has 0 radical (unpaired) electrons. The summed E-state index contributed by atoms with van der Waals surface area (Å²) < 4.78 is 5.82. The summed E-state index contributed by atoms with van der Waals surface area (Å²) in [5.41, 5.74) is 2.72. The van der Waals surface area contributed by atoms with Gasteiger partial charge in [-0.25, -0.2) is 4.98 Å². The van der Waals surface area contributed by atoms with Crippen molar-refractivity contribution in [2.45, 2.75) is 12.7 Å². The summed E-state index contributed by atoms with van der Waals surface area (Å²) in [4.78, 5) is 5.55. The second-order valence-electron chi connectivity index (χ2n) is 5.77. The Kier molecular flexibility index (Phi) is 4.46. The Labute approximate surface area is 150 Å². The average Bonchev–Trinajstić information content (AvgIpc) is 3.21. The van der Waals surface area contributed by atoms with E-state index in [1.165, 1.54) is 0 Å². The molecule has 4 rings (SSSR count). The maximum Gasteiger partial charge on any atom is 0.130 e. The lowest BCUT2D eigenvalue weighted by atomic mass is 10.1. The van der Waals surface area contributed by atoms with Gasteiger partial charge < -0.3 is 9.84 Å². The molecule has 0 aliphatic heterocycles. The summed E-state index contributed by atoms with van der Waals surface area (Å²) in [7, 11) is 0. The van der Waals surface area contributed by atoms with Gasteiger partial charge >= 0.3 is 0 Å². The molecule has 1 unspecified atom stereocenters. The number of hydrogen-bond donors (Lipinski definition) is 1. The number of nitrogens with zero attached hydrogens (tertiary/aromatic N) is 1. The Morgan fingerprint density at radius 1 is 0.920 bits per heavy atom. The molecule has 124 valence electrons. The van der Waals surface area contributed by atoms with Crippen LogP contribution in [0.1, 0.15) is 22.2 Å². The first-order valence-electron chi connectivity index (χ1n) is 8.08. The van der Waals surface area contributed by atoms with E-state index in [2.05, 4.69) is 11.1 Å². The zero-order valence-corrected chi connectivity index (χ0v) is 14.3. The van der Waals surface area contributed by atoms with Gasteiger partial charge in [0.15, 0.2) is 0 Å². The van der Waals surface area contributed by atoms with Crippen molar-refractivity contribution in [2.24, 2.45) is 0 Å². The predicted octanol–water partition coefficient (Wildman–Crippen LogP) is 4.96. The largest absolute Gasteiger partial charge is 0.487 e. The summed E-state index contributed by atoms with van der Waals surface area (Å²) in [6.45, 7) is 0.414. The molecule has 2 heterocycles. The van der Waals surface area contributed by atoms with Crippen LogP contribution in [0.15, 0.2) is 78.2 Å². The standard InChI is InChI=1S/C21H17NO2S/c23-21(20-6-3-13-25-20)16-8-11-18(12-9-16)24-14-17-10-7-15-4-1-2-5-19(15)22-17/h1-13,21,23H,14H2. The number of aliphatic hydroxyl groups is 1. The number of ether oxygens (including phenoxy) is 1. The van der Waals surface area contributed by atoms with Gasteiger partial charge in [0.2, 0.25) is 0 Å². The van der Waals surface area contributed by atoms with E-state index in [1.54, 1.807) is 11.3 Å². The summed E-state index contributed by atoms with van der Waals surface area (Å²) >= 11 is 1.55. The van der Waals surface area contributed by atoms with Crippen LogP contribution in [0.2, 0.25) is 0 Å². The predicted molar refractivity (Wildman–Crippen MR) is 101 cm³/mol. The van der Waals surface area contributed by atoms with Crippen molar-refractivity contribution in [2.75, 3.05) is 0 Å². The average molecular weight is 347 g/mol. The smallest absolute Gasteiger partial charge is 0.130 e. The zero-order valence-electron chi connectivity index (χ0n) is 13.5. The Morgan fingerprint density at radius 3 is 2.56 bits per heavy atom. The molecule has 25 heavy (non-hydrogen) atoms. The van der Waals surface area contributed by atoms with E-state index in [4.69, 9.17) is 4.74 Å². The summed E-state index contributed by atoms with van der Waals surface area (Å²) in [6.07, 6.45) is -0.587. The molecule has 0 saturated carbocycles. The molecule has 0 fully saturated rings. The molecule has 3 nitrogen and oxygen atoms in total. The highest BCUT2D eigenvalue weighted by Gasteiger charge is 2.11. The van der Waals surface area contributed by atoms with Gasteiger partial charge in [-0.1, -0.05) is 42.5 Å². The zero-order chi connectivity index (χ0) is 17.1. The third-order valence-corrected chi connectivity index (χ3v) is 4.98. The number of aromatic nitrogens is 1. The van der Waals surface area contributed by atoms with Crippen LogP contribution in [0.25, 0.3) is 10.9 Å². The first kappa shape index (κ1) is 15.8. The topological polar surface area (TPSA) is 42.4 Å². The van der Waals surface area contributed by atoms with Gasteiger partial charge in [-0.05, 0) is 41.3 Å². The minimum Gasteiger partial charge on any atom is -0.487 e. The number of benzene rings is 2. The monoisotopic (exact) mass is 347 g/mol. The molecule has 0 aliphatic rings. The summed E-state index contributed by atoms with van der Waals surface area (Å²) in [5.74, 6) is 0.761. The van der Waals surface area contributed by atoms with E-state index in [0.717, 1.165) is 32.8 Å². The number of rotatable bonds is 5. The van der Waals surface area contributed by atoms with E-state index in [0.29, 0.717) is 6.61 Å². The third-order valence-electron chi connectivity index (χ3n) is 4.05. The van der Waals surface area contributed by atoms with Crippen molar-refractivity contribution < 1.29 is 9.84 Å². The van der Waals surface area contributed by atoms with Crippen molar-refractivity contribution in [1.29, 1.82) is 0 Å². The quantitative estimate of drug-likeness (QED) is 0.555. The van der Waals surface area contributed by atoms with Crippen LogP contribution in [-0.2, 0) is 6.61 Å². The second kappa shape index (κ2) is 7.05. The van der Waals surface area contributed by atoms with Crippen LogP contribution in [0.5, 0.6) is 5.75 Å². The van der Waals surface area contributed by atoms with Crippen LogP contribution < -0.4 is 4.74 Å². The summed E-state index contributed by atoms with van der Waals surface area (Å²) in [5, 5.41) is 13.4. The van der Waals surface area contributed by atoms with Gasteiger partial charge in [-0.15, -0.1) is 11.3 Å². The van der Waals surface area contributed by atoms with E-state index >= 15 is 0 Å². The van der Waals surface area contributed by atoms with Gasteiger partial charge in [0.05, 0.1) is 11.2 Å². The van der Waals surface area contributed by atoms with Gasteiger partial charge in [0, 0.05) is 10.3 Å². The highest BCUT2D eigenvalue weighted by atomic mass is 32.1. The lowest BCUT2D eigenvalue weighted by molar-refractivity contribution is 0.224. The minimum atomic E-state index is -0.587. The van der Waals surface area contributed by atoms with Crippen molar-refractivity contribution in [3.63, 3.8) is 0 Å². The Bertz CT molecular complexity index is 965. The first-order chi connectivity index (χ1) is 12.3. The molecular formula is C21H17NO2S.